The number of rotatable bonds is 2. The second-order valence-electron chi connectivity index (χ2n) is 2.44. The molecule has 2 heteroatoms. The lowest BCUT2D eigenvalue weighted by molar-refractivity contribution is 0.400. The smallest absolute Gasteiger partial charge is 0.184 e. The van der Waals surface area contributed by atoms with Gasteiger partial charge in [-0.05, 0) is 19.4 Å². The first kappa shape index (κ1) is 9.95. The van der Waals surface area contributed by atoms with Crippen molar-refractivity contribution in [2.75, 3.05) is 7.11 Å². The van der Waals surface area contributed by atoms with E-state index in [1.807, 2.05) is 20.8 Å². The van der Waals surface area contributed by atoms with Crippen LogP contribution in [0.5, 0.6) is 0 Å². The number of methoxy groups -OCH3 is 1. The third-order valence-electron chi connectivity index (χ3n) is 1.41. The standard InChI is InChI=1S/C9H15NO/c1-7(2)8(3)6-10-9(4)11-5/h6H,1H2,2-5H3/b8-6-,10-9+. The fourth-order valence-corrected chi connectivity index (χ4v) is 0.351. The molecule has 0 atom stereocenters. The third kappa shape index (κ3) is 4.37. The zero-order chi connectivity index (χ0) is 8.85. The number of aliphatic imine (C=N–C) groups is 1. The number of hydrogen-bond donors (Lipinski definition) is 0. The van der Waals surface area contributed by atoms with E-state index in [2.05, 4.69) is 11.6 Å². The molecule has 0 aliphatic heterocycles. The molecule has 0 heterocycles. The van der Waals surface area contributed by atoms with E-state index in [9.17, 15) is 0 Å². The molecule has 0 rings (SSSR count). The first-order chi connectivity index (χ1) is 5.07. The molecule has 11 heavy (non-hydrogen) atoms. The molecule has 0 saturated carbocycles. The maximum absolute atomic E-state index is 4.86. The number of ether oxygens (including phenoxy) is 1. The Kier molecular flexibility index (Phi) is 4.27. The molecular formula is C9H15NO. The number of nitrogens with zero attached hydrogens (tertiary/aromatic N) is 1. The van der Waals surface area contributed by atoms with Crippen molar-refractivity contribution in [3.8, 4) is 0 Å². The summed E-state index contributed by atoms with van der Waals surface area (Å²) in [6.07, 6.45) is 1.75. The zero-order valence-corrected chi connectivity index (χ0v) is 7.64. The van der Waals surface area contributed by atoms with E-state index in [0.717, 1.165) is 11.1 Å². The van der Waals surface area contributed by atoms with Gasteiger partial charge in [-0.1, -0.05) is 12.2 Å². The number of allylic oxidation sites excluding steroid dienone is 2. The van der Waals surface area contributed by atoms with Crippen LogP contribution in [0.15, 0.2) is 28.9 Å². The van der Waals surface area contributed by atoms with Gasteiger partial charge in [0.05, 0.1) is 7.11 Å². The van der Waals surface area contributed by atoms with Gasteiger partial charge in [0.25, 0.3) is 0 Å². The highest BCUT2D eigenvalue weighted by Crippen LogP contribution is 2.04. The highest BCUT2D eigenvalue weighted by atomic mass is 16.5. The van der Waals surface area contributed by atoms with Crippen LogP contribution in [0.3, 0.4) is 0 Å². The lowest BCUT2D eigenvalue weighted by Gasteiger charge is -1.96. The second kappa shape index (κ2) is 4.72. The Hall–Kier alpha value is -1.05. The van der Waals surface area contributed by atoms with E-state index in [4.69, 9.17) is 4.74 Å². The summed E-state index contributed by atoms with van der Waals surface area (Å²) in [5.74, 6) is 0.658. The molecule has 0 aromatic carbocycles. The van der Waals surface area contributed by atoms with Crippen LogP contribution in [-0.2, 0) is 4.74 Å². The van der Waals surface area contributed by atoms with Crippen LogP contribution in [0, 0.1) is 0 Å². The Balaban J connectivity index is 4.22. The Morgan fingerprint density at radius 3 is 2.27 bits per heavy atom. The lowest BCUT2D eigenvalue weighted by Crippen LogP contribution is -1.91. The van der Waals surface area contributed by atoms with Gasteiger partial charge in [0.2, 0.25) is 0 Å². The highest BCUT2D eigenvalue weighted by Gasteiger charge is 1.87. The number of hydrogen-bond acceptors (Lipinski definition) is 2. The molecule has 0 aromatic heterocycles. The normalized spacial score (nSPS) is 13.1. The Morgan fingerprint density at radius 1 is 1.36 bits per heavy atom. The molecule has 0 unspecified atom stereocenters. The van der Waals surface area contributed by atoms with Crippen molar-refractivity contribution in [3.05, 3.63) is 23.9 Å². The van der Waals surface area contributed by atoms with Gasteiger partial charge in [-0.15, -0.1) is 0 Å². The van der Waals surface area contributed by atoms with Gasteiger partial charge in [0.15, 0.2) is 5.90 Å². The summed E-state index contributed by atoms with van der Waals surface area (Å²) >= 11 is 0. The van der Waals surface area contributed by atoms with E-state index in [-0.39, 0.29) is 0 Å². The molecule has 0 radical (unpaired) electrons. The first-order valence-electron chi connectivity index (χ1n) is 3.49. The highest BCUT2D eigenvalue weighted by molar-refractivity contribution is 5.73. The van der Waals surface area contributed by atoms with Crippen molar-refractivity contribution in [2.24, 2.45) is 4.99 Å². The molecule has 0 saturated heterocycles. The van der Waals surface area contributed by atoms with Crippen LogP contribution >= 0.6 is 0 Å². The van der Waals surface area contributed by atoms with Gasteiger partial charge < -0.3 is 4.74 Å². The van der Waals surface area contributed by atoms with E-state index in [1.54, 1.807) is 13.3 Å². The Morgan fingerprint density at radius 2 is 1.91 bits per heavy atom. The Labute approximate surface area is 68.3 Å². The van der Waals surface area contributed by atoms with E-state index in [1.165, 1.54) is 0 Å². The molecule has 62 valence electrons. The third-order valence-corrected chi connectivity index (χ3v) is 1.41. The topological polar surface area (TPSA) is 21.6 Å². The summed E-state index contributed by atoms with van der Waals surface area (Å²) in [6, 6.07) is 0. The van der Waals surface area contributed by atoms with Crippen LogP contribution in [-0.4, -0.2) is 13.0 Å². The van der Waals surface area contributed by atoms with Crippen LogP contribution < -0.4 is 0 Å². The average Bonchev–Trinajstić information content (AvgIpc) is 1.99. The molecule has 0 spiro atoms. The largest absolute Gasteiger partial charge is 0.484 e. The zero-order valence-electron chi connectivity index (χ0n) is 7.64. The van der Waals surface area contributed by atoms with Crippen molar-refractivity contribution in [1.29, 1.82) is 0 Å². The van der Waals surface area contributed by atoms with Gasteiger partial charge in [0.1, 0.15) is 0 Å². The molecule has 0 bridgehead atoms. The van der Waals surface area contributed by atoms with Gasteiger partial charge in [-0.3, -0.25) is 0 Å². The molecule has 2 nitrogen and oxygen atoms in total. The summed E-state index contributed by atoms with van der Waals surface area (Å²) in [5.41, 5.74) is 2.10. The maximum Gasteiger partial charge on any atom is 0.184 e. The fourth-order valence-electron chi connectivity index (χ4n) is 0.351. The van der Waals surface area contributed by atoms with Crippen LogP contribution in [0.4, 0.5) is 0 Å². The predicted molar refractivity (Wildman–Crippen MR) is 48.7 cm³/mol. The van der Waals surface area contributed by atoms with Crippen molar-refractivity contribution in [2.45, 2.75) is 20.8 Å². The fraction of sp³-hybridized carbons (Fsp3) is 0.444. The molecule has 0 N–H and O–H groups in total. The summed E-state index contributed by atoms with van der Waals surface area (Å²) in [5, 5.41) is 0. The SMILES string of the molecule is C=C(C)/C(C)=C\N=C(/C)OC. The van der Waals surface area contributed by atoms with Crippen molar-refractivity contribution in [1.82, 2.24) is 0 Å². The van der Waals surface area contributed by atoms with Gasteiger partial charge >= 0.3 is 0 Å². The van der Waals surface area contributed by atoms with Crippen molar-refractivity contribution >= 4 is 5.90 Å². The predicted octanol–water partition coefficient (Wildman–Crippen LogP) is 2.53. The van der Waals surface area contributed by atoms with Gasteiger partial charge in [-0.25, -0.2) is 4.99 Å². The molecule has 0 aliphatic rings. The van der Waals surface area contributed by atoms with Crippen LogP contribution in [0.1, 0.15) is 20.8 Å². The van der Waals surface area contributed by atoms with Crippen molar-refractivity contribution < 1.29 is 4.74 Å². The maximum atomic E-state index is 4.86. The monoisotopic (exact) mass is 153 g/mol. The van der Waals surface area contributed by atoms with Crippen LogP contribution in [0.2, 0.25) is 0 Å². The minimum absolute atomic E-state index is 0.658. The lowest BCUT2D eigenvalue weighted by atomic mass is 10.2. The summed E-state index contributed by atoms with van der Waals surface area (Å²) in [7, 11) is 1.60. The van der Waals surface area contributed by atoms with E-state index >= 15 is 0 Å². The second-order valence-corrected chi connectivity index (χ2v) is 2.44. The van der Waals surface area contributed by atoms with Gasteiger partial charge in [0, 0.05) is 13.1 Å². The molecule has 0 aromatic rings. The van der Waals surface area contributed by atoms with E-state index in [0.29, 0.717) is 5.90 Å². The van der Waals surface area contributed by atoms with Crippen LogP contribution in [0.25, 0.3) is 0 Å². The van der Waals surface area contributed by atoms with Gasteiger partial charge in [-0.2, -0.15) is 0 Å². The van der Waals surface area contributed by atoms with Crippen molar-refractivity contribution in [3.63, 3.8) is 0 Å². The molecular weight excluding hydrogens is 138 g/mol. The summed E-state index contributed by atoms with van der Waals surface area (Å²) < 4.78 is 4.86. The summed E-state index contributed by atoms with van der Waals surface area (Å²) in [4.78, 5) is 4.04. The van der Waals surface area contributed by atoms with E-state index < -0.39 is 0 Å². The molecule has 0 amide bonds. The minimum atomic E-state index is 0.658. The molecule has 0 aliphatic carbocycles. The molecule has 0 fully saturated rings. The summed E-state index contributed by atoms with van der Waals surface area (Å²) in [6.45, 7) is 9.50. The minimum Gasteiger partial charge on any atom is -0.484 e. The first-order valence-corrected chi connectivity index (χ1v) is 3.49. The quantitative estimate of drug-likeness (QED) is 0.339. The Bertz CT molecular complexity index is 202. The average molecular weight is 153 g/mol.